The van der Waals surface area contributed by atoms with Gasteiger partial charge in [0.05, 0.1) is 18.9 Å². The van der Waals surface area contributed by atoms with Crippen molar-refractivity contribution >= 4 is 29.0 Å². The number of nitrogens with zero attached hydrogens (tertiary/aromatic N) is 2. The number of ether oxygens (including phenoxy) is 1. The number of rotatable bonds is 5. The topological polar surface area (TPSA) is 96.7 Å². The fourth-order valence-corrected chi connectivity index (χ4v) is 2.71. The fraction of sp³-hybridized carbons (Fsp3) is 0.150. The van der Waals surface area contributed by atoms with Gasteiger partial charge in [-0.3, -0.25) is 4.79 Å². The van der Waals surface area contributed by atoms with Crippen molar-refractivity contribution in [2.75, 3.05) is 29.7 Å². The first kappa shape index (κ1) is 21.7. The summed E-state index contributed by atoms with van der Waals surface area (Å²) in [6.07, 6.45) is -2.21. The quantitative estimate of drug-likeness (QED) is 0.616. The van der Waals surface area contributed by atoms with E-state index in [4.69, 9.17) is 9.15 Å². The fourth-order valence-electron chi connectivity index (χ4n) is 2.71. The third-order valence-corrected chi connectivity index (χ3v) is 4.20. The first-order valence-corrected chi connectivity index (χ1v) is 8.79. The summed E-state index contributed by atoms with van der Waals surface area (Å²) in [5.74, 6) is -1.10. The van der Waals surface area contributed by atoms with E-state index in [1.54, 1.807) is 18.2 Å². The first-order chi connectivity index (χ1) is 14.7. The number of methoxy groups -OCH3 is 1. The minimum absolute atomic E-state index is 0.0294. The van der Waals surface area contributed by atoms with E-state index in [1.165, 1.54) is 44.0 Å². The number of anilines is 3. The minimum Gasteiger partial charge on any atom is -0.496 e. The summed E-state index contributed by atoms with van der Waals surface area (Å²) in [5, 5.41) is 5.10. The van der Waals surface area contributed by atoms with Gasteiger partial charge in [0.25, 0.3) is 0 Å². The Hall–Kier alpha value is -4.02. The molecular weight excluding hydrogens is 417 g/mol. The number of carbonyl (C=O) groups excluding carboxylic acids is 2. The molecule has 31 heavy (non-hydrogen) atoms. The molecule has 0 spiro atoms. The molecule has 11 heteroatoms. The molecule has 1 heterocycles. The molecule has 1 aromatic heterocycles. The van der Waals surface area contributed by atoms with Crippen molar-refractivity contribution in [2.45, 2.75) is 6.18 Å². The number of alkyl halides is 3. The van der Waals surface area contributed by atoms with E-state index >= 15 is 0 Å². The Labute approximate surface area is 174 Å². The van der Waals surface area contributed by atoms with Crippen LogP contribution in [0, 0.1) is 0 Å². The molecule has 0 unspecified atom stereocenters. The largest absolute Gasteiger partial charge is 0.496 e. The average molecular weight is 434 g/mol. The molecule has 3 aromatic rings. The number of amides is 3. The number of aromatic nitrogens is 1. The Balaban J connectivity index is 1.71. The lowest BCUT2D eigenvalue weighted by atomic mass is 10.1. The van der Waals surface area contributed by atoms with Crippen LogP contribution in [-0.4, -0.2) is 37.3 Å². The molecule has 0 aliphatic rings. The minimum atomic E-state index is -5.01. The summed E-state index contributed by atoms with van der Waals surface area (Å²) in [7, 11) is 2.46. The highest BCUT2D eigenvalue weighted by Crippen LogP contribution is 2.32. The molecule has 0 fully saturated rings. The van der Waals surface area contributed by atoms with Gasteiger partial charge in [-0.1, -0.05) is 6.07 Å². The number of urea groups is 1. The predicted octanol–water partition coefficient (Wildman–Crippen LogP) is 4.52. The lowest BCUT2D eigenvalue weighted by Gasteiger charge is -2.19. The lowest BCUT2D eigenvalue weighted by molar-refractivity contribution is -0.170. The van der Waals surface area contributed by atoms with Crippen LogP contribution in [0.1, 0.15) is 0 Å². The van der Waals surface area contributed by atoms with Gasteiger partial charge in [-0.15, -0.1) is 0 Å². The number of hydrogen-bond acceptors (Lipinski definition) is 5. The summed E-state index contributed by atoms with van der Waals surface area (Å²) < 4.78 is 48.4. The van der Waals surface area contributed by atoms with Crippen LogP contribution in [0.2, 0.25) is 0 Å². The Bertz CT molecular complexity index is 1080. The summed E-state index contributed by atoms with van der Waals surface area (Å²) in [5.41, 5.74) is 1.20. The predicted molar refractivity (Wildman–Crippen MR) is 107 cm³/mol. The second-order valence-electron chi connectivity index (χ2n) is 6.27. The van der Waals surface area contributed by atoms with Crippen LogP contribution in [0.15, 0.2) is 59.5 Å². The van der Waals surface area contributed by atoms with E-state index in [0.717, 1.165) is 7.05 Å². The standard InChI is InChI=1S/C20H17F3N4O4/c1-27(18(28)20(21,22)23)14-5-3-4-12(8-14)25-19(29)26-13-6-7-15(16(9-13)30-2)17-10-24-11-31-17/h3-11H,1-2H3,(H2,25,26,29). The molecular formula is C20H17F3N4O4. The van der Waals surface area contributed by atoms with Gasteiger partial charge in [-0.05, 0) is 30.3 Å². The lowest BCUT2D eigenvalue weighted by Crippen LogP contribution is -2.38. The third kappa shape index (κ3) is 5.13. The van der Waals surface area contributed by atoms with Gasteiger partial charge >= 0.3 is 18.1 Å². The van der Waals surface area contributed by atoms with E-state index < -0.39 is 18.1 Å². The number of halogens is 3. The first-order valence-electron chi connectivity index (χ1n) is 8.79. The van der Waals surface area contributed by atoms with E-state index in [9.17, 15) is 22.8 Å². The van der Waals surface area contributed by atoms with Crippen LogP contribution >= 0.6 is 0 Å². The van der Waals surface area contributed by atoms with E-state index in [-0.39, 0.29) is 11.4 Å². The maximum absolute atomic E-state index is 12.6. The molecule has 0 saturated carbocycles. The van der Waals surface area contributed by atoms with Crippen molar-refractivity contribution in [3.8, 4) is 17.1 Å². The zero-order valence-electron chi connectivity index (χ0n) is 16.4. The Kier molecular flexibility index (Phi) is 6.14. The molecule has 0 radical (unpaired) electrons. The maximum atomic E-state index is 12.6. The molecule has 0 aliphatic heterocycles. The second-order valence-corrected chi connectivity index (χ2v) is 6.27. The molecule has 0 atom stereocenters. The van der Waals surface area contributed by atoms with Gasteiger partial charge in [0.1, 0.15) is 5.75 Å². The van der Waals surface area contributed by atoms with Crippen LogP contribution in [0.25, 0.3) is 11.3 Å². The summed E-state index contributed by atoms with van der Waals surface area (Å²) in [6.45, 7) is 0. The number of hydrogen-bond donors (Lipinski definition) is 2. The molecule has 8 nitrogen and oxygen atoms in total. The number of carbonyl (C=O) groups is 2. The maximum Gasteiger partial charge on any atom is 0.471 e. The van der Waals surface area contributed by atoms with Crippen molar-refractivity contribution in [2.24, 2.45) is 0 Å². The number of nitrogens with one attached hydrogen (secondary N) is 2. The summed E-state index contributed by atoms with van der Waals surface area (Å²) in [6, 6.07) is 9.68. The molecule has 3 amide bonds. The van der Waals surface area contributed by atoms with Gasteiger partial charge in [0, 0.05) is 30.2 Å². The Morgan fingerprint density at radius 3 is 2.42 bits per heavy atom. The molecule has 3 rings (SSSR count). The van der Waals surface area contributed by atoms with Gasteiger partial charge in [0.2, 0.25) is 0 Å². The van der Waals surface area contributed by atoms with Crippen LogP contribution in [0.4, 0.5) is 35.0 Å². The highest BCUT2D eigenvalue weighted by molar-refractivity contribution is 6.01. The molecule has 0 aliphatic carbocycles. The summed E-state index contributed by atoms with van der Waals surface area (Å²) >= 11 is 0. The molecule has 0 bridgehead atoms. The van der Waals surface area contributed by atoms with E-state index in [0.29, 0.717) is 27.7 Å². The Morgan fingerprint density at radius 1 is 1.10 bits per heavy atom. The Morgan fingerprint density at radius 2 is 1.81 bits per heavy atom. The third-order valence-electron chi connectivity index (χ3n) is 4.20. The van der Waals surface area contributed by atoms with Crippen LogP contribution in [0.3, 0.4) is 0 Å². The number of oxazole rings is 1. The van der Waals surface area contributed by atoms with Gasteiger partial charge in [-0.2, -0.15) is 13.2 Å². The zero-order chi connectivity index (χ0) is 22.6. The SMILES string of the molecule is COc1cc(NC(=O)Nc2cccc(N(C)C(=O)C(F)(F)F)c2)ccc1-c1cnco1. The molecule has 2 N–H and O–H groups in total. The molecule has 2 aromatic carbocycles. The van der Waals surface area contributed by atoms with Gasteiger partial charge < -0.3 is 24.7 Å². The van der Waals surface area contributed by atoms with Crippen molar-refractivity contribution in [1.82, 2.24) is 4.98 Å². The van der Waals surface area contributed by atoms with Gasteiger partial charge in [-0.25, -0.2) is 9.78 Å². The summed E-state index contributed by atoms with van der Waals surface area (Å²) in [4.78, 5) is 28.0. The van der Waals surface area contributed by atoms with Crippen molar-refractivity contribution in [1.29, 1.82) is 0 Å². The molecule has 0 saturated heterocycles. The highest BCUT2D eigenvalue weighted by atomic mass is 19.4. The normalized spacial score (nSPS) is 11.0. The van der Waals surface area contributed by atoms with Crippen LogP contribution < -0.4 is 20.3 Å². The van der Waals surface area contributed by atoms with Crippen molar-refractivity contribution in [3.05, 3.63) is 55.1 Å². The zero-order valence-corrected chi connectivity index (χ0v) is 16.4. The average Bonchev–Trinajstić information content (AvgIpc) is 3.26. The van der Waals surface area contributed by atoms with Crippen LogP contribution in [0.5, 0.6) is 5.75 Å². The second kappa shape index (κ2) is 8.78. The smallest absolute Gasteiger partial charge is 0.471 e. The highest BCUT2D eigenvalue weighted by Gasteiger charge is 2.41. The van der Waals surface area contributed by atoms with Crippen molar-refractivity contribution in [3.63, 3.8) is 0 Å². The monoisotopic (exact) mass is 434 g/mol. The van der Waals surface area contributed by atoms with E-state index in [1.807, 2.05) is 0 Å². The number of benzene rings is 2. The van der Waals surface area contributed by atoms with E-state index in [2.05, 4.69) is 15.6 Å². The van der Waals surface area contributed by atoms with Gasteiger partial charge in [0.15, 0.2) is 12.2 Å². The van der Waals surface area contributed by atoms with Crippen LogP contribution in [-0.2, 0) is 4.79 Å². The molecule has 162 valence electrons. The van der Waals surface area contributed by atoms with Crippen molar-refractivity contribution < 1.29 is 31.9 Å².